The van der Waals surface area contributed by atoms with E-state index in [1.807, 2.05) is 0 Å². The number of aromatic nitrogens is 2. The number of alkyl halides is 2. The molecule has 0 aromatic carbocycles. The Morgan fingerprint density at radius 3 is 2.62 bits per heavy atom. The zero-order valence-electron chi connectivity index (χ0n) is 8.94. The molecule has 0 fully saturated rings. The van der Waals surface area contributed by atoms with Crippen LogP contribution in [0, 0.1) is 0 Å². The third kappa shape index (κ3) is 3.11. The number of nitrogens with zero attached hydrogens (tertiary/aromatic N) is 3. The molecule has 16 heavy (non-hydrogen) atoms. The SMILES string of the molecule is CNc1ccc(C(=O)N(C)CC(F)F)nn1. The minimum atomic E-state index is -2.56. The van der Waals surface area contributed by atoms with Gasteiger partial charge >= 0.3 is 0 Å². The monoisotopic (exact) mass is 230 g/mol. The Morgan fingerprint density at radius 2 is 2.19 bits per heavy atom. The Kier molecular flexibility index (Phi) is 4.10. The first kappa shape index (κ1) is 12.3. The summed E-state index contributed by atoms with van der Waals surface area (Å²) in [4.78, 5) is 12.5. The fourth-order valence-electron chi connectivity index (χ4n) is 1.07. The topological polar surface area (TPSA) is 58.1 Å². The lowest BCUT2D eigenvalue weighted by atomic mass is 10.3. The highest BCUT2D eigenvalue weighted by Crippen LogP contribution is 2.05. The van der Waals surface area contributed by atoms with Gasteiger partial charge in [-0.1, -0.05) is 0 Å². The summed E-state index contributed by atoms with van der Waals surface area (Å²) in [7, 11) is 2.95. The zero-order valence-corrected chi connectivity index (χ0v) is 8.94. The third-order valence-corrected chi connectivity index (χ3v) is 1.90. The molecule has 0 aliphatic heterocycles. The predicted octanol–water partition coefficient (Wildman–Crippen LogP) is 0.855. The highest BCUT2D eigenvalue weighted by Gasteiger charge is 2.17. The van der Waals surface area contributed by atoms with Gasteiger partial charge in [0.15, 0.2) is 5.69 Å². The first-order chi connectivity index (χ1) is 7.54. The summed E-state index contributed by atoms with van der Waals surface area (Å²) in [5.41, 5.74) is 0.0437. The molecule has 1 amide bonds. The van der Waals surface area contributed by atoms with Crippen LogP contribution in [0.25, 0.3) is 0 Å². The zero-order chi connectivity index (χ0) is 12.1. The summed E-state index contributed by atoms with van der Waals surface area (Å²) in [5, 5.41) is 10.0. The number of carbonyl (C=O) groups excluding carboxylic acids is 1. The first-order valence-electron chi connectivity index (χ1n) is 4.59. The van der Waals surface area contributed by atoms with Crippen LogP contribution in [0.1, 0.15) is 10.5 Å². The summed E-state index contributed by atoms with van der Waals surface area (Å²) in [6.07, 6.45) is -2.56. The Labute approximate surface area is 91.5 Å². The van der Waals surface area contributed by atoms with Crippen molar-refractivity contribution in [1.29, 1.82) is 0 Å². The fraction of sp³-hybridized carbons (Fsp3) is 0.444. The number of rotatable bonds is 4. The molecule has 0 bridgehead atoms. The molecule has 0 aliphatic carbocycles. The molecule has 0 aliphatic rings. The average molecular weight is 230 g/mol. The molecule has 0 atom stereocenters. The third-order valence-electron chi connectivity index (χ3n) is 1.90. The average Bonchev–Trinajstić information content (AvgIpc) is 2.27. The summed E-state index contributed by atoms with van der Waals surface area (Å²) >= 11 is 0. The van der Waals surface area contributed by atoms with Crippen molar-refractivity contribution in [1.82, 2.24) is 15.1 Å². The number of halogens is 2. The second-order valence-electron chi connectivity index (χ2n) is 3.13. The van der Waals surface area contributed by atoms with E-state index in [0.29, 0.717) is 5.82 Å². The Bertz CT molecular complexity index is 355. The van der Waals surface area contributed by atoms with Crippen LogP contribution in [-0.2, 0) is 0 Å². The van der Waals surface area contributed by atoms with Crippen molar-refractivity contribution in [3.63, 3.8) is 0 Å². The maximum absolute atomic E-state index is 12.0. The van der Waals surface area contributed by atoms with E-state index in [1.165, 1.54) is 13.1 Å². The van der Waals surface area contributed by atoms with Crippen LogP contribution in [0.4, 0.5) is 14.6 Å². The maximum atomic E-state index is 12.0. The lowest BCUT2D eigenvalue weighted by Gasteiger charge is -2.15. The van der Waals surface area contributed by atoms with Crippen LogP contribution < -0.4 is 5.32 Å². The quantitative estimate of drug-likeness (QED) is 0.833. The van der Waals surface area contributed by atoms with Crippen LogP contribution in [0.2, 0.25) is 0 Å². The van der Waals surface area contributed by atoms with E-state index >= 15 is 0 Å². The van der Waals surface area contributed by atoms with Gasteiger partial charge < -0.3 is 10.2 Å². The number of hydrogen-bond acceptors (Lipinski definition) is 4. The molecular formula is C9H12F2N4O. The second kappa shape index (κ2) is 5.34. The smallest absolute Gasteiger partial charge is 0.274 e. The predicted molar refractivity (Wildman–Crippen MR) is 54.5 cm³/mol. The van der Waals surface area contributed by atoms with Gasteiger partial charge in [0.1, 0.15) is 5.82 Å². The molecule has 0 unspecified atom stereocenters. The van der Waals surface area contributed by atoms with Crippen molar-refractivity contribution in [3.05, 3.63) is 17.8 Å². The molecule has 0 saturated heterocycles. The van der Waals surface area contributed by atoms with Gasteiger partial charge in [-0.2, -0.15) is 0 Å². The lowest BCUT2D eigenvalue weighted by Crippen LogP contribution is -2.32. The molecule has 0 spiro atoms. The number of hydrogen-bond donors (Lipinski definition) is 1. The van der Waals surface area contributed by atoms with Crippen LogP contribution in [0.5, 0.6) is 0 Å². The van der Waals surface area contributed by atoms with Gasteiger partial charge in [-0.3, -0.25) is 4.79 Å². The Hall–Kier alpha value is -1.79. The number of carbonyl (C=O) groups is 1. The molecule has 0 saturated carbocycles. The maximum Gasteiger partial charge on any atom is 0.274 e. The molecular weight excluding hydrogens is 218 g/mol. The minimum absolute atomic E-state index is 0.0437. The van der Waals surface area contributed by atoms with Crippen LogP contribution in [0.3, 0.4) is 0 Å². The largest absolute Gasteiger partial charge is 0.372 e. The van der Waals surface area contributed by atoms with Gasteiger partial charge in [-0.25, -0.2) is 8.78 Å². The summed E-state index contributed by atoms with van der Waals surface area (Å²) in [5.74, 6) is -0.0662. The van der Waals surface area contributed by atoms with Gasteiger partial charge in [0.2, 0.25) is 0 Å². The van der Waals surface area contributed by atoms with Gasteiger partial charge in [0.05, 0.1) is 6.54 Å². The van der Waals surface area contributed by atoms with Crippen molar-refractivity contribution in [2.75, 3.05) is 26.0 Å². The summed E-state index contributed by atoms with van der Waals surface area (Å²) in [6.45, 7) is -0.617. The van der Waals surface area contributed by atoms with Crippen molar-refractivity contribution >= 4 is 11.7 Å². The Morgan fingerprint density at radius 1 is 1.50 bits per heavy atom. The molecule has 1 aromatic heterocycles. The van der Waals surface area contributed by atoms with Gasteiger partial charge in [0, 0.05) is 14.1 Å². The number of nitrogens with one attached hydrogen (secondary N) is 1. The van der Waals surface area contributed by atoms with Crippen LogP contribution in [0.15, 0.2) is 12.1 Å². The van der Waals surface area contributed by atoms with Crippen LogP contribution >= 0.6 is 0 Å². The summed E-state index contributed by atoms with van der Waals surface area (Å²) in [6, 6.07) is 2.99. The Balaban J connectivity index is 2.72. The fourth-order valence-corrected chi connectivity index (χ4v) is 1.07. The minimum Gasteiger partial charge on any atom is -0.372 e. The normalized spacial score (nSPS) is 10.3. The van der Waals surface area contributed by atoms with E-state index in [2.05, 4.69) is 15.5 Å². The molecule has 1 rings (SSSR count). The van der Waals surface area contributed by atoms with E-state index in [4.69, 9.17) is 0 Å². The van der Waals surface area contributed by atoms with E-state index < -0.39 is 18.9 Å². The number of anilines is 1. The van der Waals surface area contributed by atoms with E-state index in [0.717, 1.165) is 4.90 Å². The van der Waals surface area contributed by atoms with Crippen molar-refractivity contribution < 1.29 is 13.6 Å². The highest BCUT2D eigenvalue weighted by atomic mass is 19.3. The van der Waals surface area contributed by atoms with Gasteiger partial charge in [-0.05, 0) is 12.1 Å². The first-order valence-corrected chi connectivity index (χ1v) is 4.59. The molecule has 1 N–H and O–H groups in total. The molecule has 1 heterocycles. The molecule has 88 valence electrons. The van der Waals surface area contributed by atoms with E-state index in [-0.39, 0.29) is 5.69 Å². The summed E-state index contributed by atoms with van der Waals surface area (Å²) < 4.78 is 24.1. The molecule has 0 radical (unpaired) electrons. The van der Waals surface area contributed by atoms with E-state index in [1.54, 1.807) is 13.1 Å². The van der Waals surface area contributed by atoms with Crippen LogP contribution in [-0.4, -0.2) is 48.1 Å². The number of amides is 1. The highest BCUT2D eigenvalue weighted by molar-refractivity contribution is 5.92. The van der Waals surface area contributed by atoms with Crippen molar-refractivity contribution in [2.24, 2.45) is 0 Å². The molecule has 7 heteroatoms. The lowest BCUT2D eigenvalue weighted by molar-refractivity contribution is 0.0614. The molecule has 1 aromatic rings. The standard InChI is InChI=1S/C9H12F2N4O/c1-12-8-4-3-6(13-14-8)9(16)15(2)5-7(10)11/h3-4,7H,5H2,1-2H3,(H,12,14). The van der Waals surface area contributed by atoms with Gasteiger partial charge in [-0.15, -0.1) is 10.2 Å². The van der Waals surface area contributed by atoms with Crippen molar-refractivity contribution in [2.45, 2.75) is 6.43 Å². The van der Waals surface area contributed by atoms with E-state index in [9.17, 15) is 13.6 Å². The van der Waals surface area contributed by atoms with Crippen molar-refractivity contribution in [3.8, 4) is 0 Å². The van der Waals surface area contributed by atoms with Gasteiger partial charge in [0.25, 0.3) is 12.3 Å². The molecule has 5 nitrogen and oxygen atoms in total. The second-order valence-corrected chi connectivity index (χ2v) is 3.13.